The van der Waals surface area contributed by atoms with Crippen molar-refractivity contribution in [2.75, 3.05) is 52.0 Å². The van der Waals surface area contributed by atoms with E-state index in [4.69, 9.17) is 9.47 Å². The van der Waals surface area contributed by atoms with E-state index in [-0.39, 0.29) is 53.5 Å². The Labute approximate surface area is 431 Å². The summed E-state index contributed by atoms with van der Waals surface area (Å²) in [5.41, 5.74) is 0.764. The molecule has 2 fully saturated rings. The molecule has 13 heteroatoms. The molecule has 0 bridgehead atoms. The summed E-state index contributed by atoms with van der Waals surface area (Å²) in [5.74, 6) is -1.55. The van der Waals surface area contributed by atoms with Crippen LogP contribution in [0.5, 0.6) is 11.5 Å². The number of rotatable bonds is 6. The Hall–Kier alpha value is -8.62. The maximum Gasteiger partial charge on any atom is 0.238 e. The first-order valence-corrected chi connectivity index (χ1v) is 24.7. The Morgan fingerprint density at radius 3 is 1.19 bits per heavy atom. The summed E-state index contributed by atoms with van der Waals surface area (Å²) in [6.45, 7) is 0.505. The minimum Gasteiger partial charge on any atom is -0.497 e. The van der Waals surface area contributed by atoms with Crippen molar-refractivity contribution in [3.8, 4) is 11.5 Å². The van der Waals surface area contributed by atoms with Crippen molar-refractivity contribution in [1.82, 2.24) is 9.80 Å². The number of likely N-dealkylation sites (tertiary alicyclic amines) is 2. The third kappa shape index (κ3) is 5.66. The van der Waals surface area contributed by atoms with Crippen LogP contribution in [0.15, 0.2) is 170 Å². The van der Waals surface area contributed by atoms with E-state index in [1.54, 1.807) is 62.8 Å². The molecule has 8 aromatic rings. The van der Waals surface area contributed by atoms with Crippen LogP contribution in [-0.4, -0.2) is 91.6 Å². The molecule has 6 atom stereocenters. The molecule has 0 saturated carbocycles. The van der Waals surface area contributed by atoms with Crippen LogP contribution in [0.25, 0.3) is 21.5 Å². The number of methoxy groups -OCH3 is 2. The molecule has 372 valence electrons. The molecule has 4 aliphatic heterocycles. The Kier molecular flexibility index (Phi) is 10.6. The van der Waals surface area contributed by atoms with E-state index in [0.717, 1.165) is 32.7 Å². The summed E-state index contributed by atoms with van der Waals surface area (Å²) in [7, 11) is 6.87. The first kappa shape index (κ1) is 47.4. The maximum absolute atomic E-state index is 14.7. The number of Topliss-reactive ketones (excluding diaryl/α,β-unsaturated/α-hetero) is 4. The van der Waals surface area contributed by atoms with Gasteiger partial charge in [-0.15, -0.1) is 0 Å². The number of hydrogen-bond acceptors (Lipinski definition) is 10. The number of benzene rings is 8. The van der Waals surface area contributed by atoms with Gasteiger partial charge in [0, 0.05) is 46.7 Å². The molecule has 0 unspecified atom stereocenters. The Morgan fingerprint density at radius 1 is 0.467 bits per heavy atom. The number of fused-ring (bicyclic) bond motifs is 8. The second-order valence-electron chi connectivity index (χ2n) is 20.2. The van der Waals surface area contributed by atoms with Crippen molar-refractivity contribution in [2.45, 2.75) is 21.9 Å². The zero-order valence-electron chi connectivity index (χ0n) is 41.4. The summed E-state index contributed by atoms with van der Waals surface area (Å²) >= 11 is 0. The lowest BCUT2D eigenvalue weighted by Crippen LogP contribution is -2.61. The second-order valence-corrected chi connectivity index (χ2v) is 20.2. The van der Waals surface area contributed by atoms with E-state index in [9.17, 15) is 28.8 Å². The highest BCUT2D eigenvalue weighted by Crippen LogP contribution is 2.67. The van der Waals surface area contributed by atoms with E-state index in [1.165, 1.54) is 0 Å². The summed E-state index contributed by atoms with van der Waals surface area (Å²) < 4.78 is 10.6. The van der Waals surface area contributed by atoms with Crippen LogP contribution in [0.4, 0.5) is 11.4 Å². The quantitative estimate of drug-likeness (QED) is 0.154. The first-order chi connectivity index (χ1) is 35.9. The second kappa shape index (κ2) is 16.7. The molecule has 8 aromatic carbocycles. The van der Waals surface area contributed by atoms with Gasteiger partial charge in [-0.05, 0) is 119 Å². The minimum absolute atomic E-state index is 0. The Morgan fingerprint density at radius 2 is 0.813 bits per heavy atom. The summed E-state index contributed by atoms with van der Waals surface area (Å²) in [6, 6.07) is 51.9. The number of nitrogens with one attached hydrogen (secondary N) is 2. The smallest absolute Gasteiger partial charge is 0.238 e. The monoisotopic (exact) mass is 994 g/mol. The van der Waals surface area contributed by atoms with E-state index in [2.05, 4.69) is 10.6 Å². The number of nitrogens with zero attached hydrogens (tertiary/aromatic N) is 2. The molecule has 2 saturated heterocycles. The van der Waals surface area contributed by atoms with Crippen LogP contribution in [0.3, 0.4) is 0 Å². The molecule has 75 heavy (non-hydrogen) atoms. The number of likely N-dealkylation sites (N-methyl/N-ethyl adjacent to an activating group) is 2. The fourth-order valence-electron chi connectivity index (χ4n) is 14.5. The van der Waals surface area contributed by atoms with Gasteiger partial charge in [-0.3, -0.25) is 38.6 Å². The zero-order chi connectivity index (χ0) is 51.1. The van der Waals surface area contributed by atoms with Gasteiger partial charge >= 0.3 is 0 Å². The van der Waals surface area contributed by atoms with Gasteiger partial charge in [0.15, 0.2) is 23.1 Å². The normalized spacial score (nSPS) is 25.4. The standard InChI is InChI=1S/2C31H24N2O4.H2O/c2*1-33-17-24(27(34)19-13-15-20(37-2)16-14-19)30(22-10-3-4-12-25(22)32-29(30)36)31(33)23-11-6-8-18-7-5-9-21(26(18)23)28(31)35;/h2*3-16,24H,17H2,1-2H3,(H,32,36);1H2/t2*24-,30+,31+;/m11./s1. The summed E-state index contributed by atoms with van der Waals surface area (Å²) in [5, 5.41) is 9.70. The average molecular weight is 995 g/mol. The topological polar surface area (TPSA) is 183 Å². The van der Waals surface area contributed by atoms with Crippen LogP contribution in [-0.2, 0) is 31.5 Å². The van der Waals surface area contributed by atoms with Crippen LogP contribution >= 0.6 is 0 Å². The Bertz CT molecular complexity index is 3560. The van der Waals surface area contributed by atoms with Gasteiger partial charge < -0.3 is 25.6 Å². The number of carbonyl (C=O) groups is 6. The molecule has 2 aliphatic carbocycles. The predicted molar refractivity (Wildman–Crippen MR) is 284 cm³/mol. The lowest BCUT2D eigenvalue weighted by molar-refractivity contribution is -0.125. The van der Waals surface area contributed by atoms with Crippen molar-refractivity contribution in [3.63, 3.8) is 0 Å². The highest BCUT2D eigenvalue weighted by molar-refractivity contribution is 6.28. The molecule has 13 nitrogen and oxygen atoms in total. The van der Waals surface area contributed by atoms with Gasteiger partial charge in [-0.25, -0.2) is 0 Å². The first-order valence-electron chi connectivity index (χ1n) is 24.7. The number of hydrogen-bond donors (Lipinski definition) is 2. The number of ketones is 4. The number of para-hydroxylation sites is 2. The van der Waals surface area contributed by atoms with Crippen molar-refractivity contribution >= 4 is 67.9 Å². The lowest BCUT2D eigenvalue weighted by Gasteiger charge is -2.44. The van der Waals surface area contributed by atoms with Crippen molar-refractivity contribution in [1.29, 1.82) is 0 Å². The minimum atomic E-state index is -1.44. The molecule has 0 aromatic heterocycles. The van der Waals surface area contributed by atoms with E-state index in [1.807, 2.05) is 145 Å². The van der Waals surface area contributed by atoms with Crippen LogP contribution in [0.1, 0.15) is 63.7 Å². The van der Waals surface area contributed by atoms with Crippen molar-refractivity contribution in [3.05, 3.63) is 214 Å². The zero-order valence-corrected chi connectivity index (χ0v) is 41.4. The molecular formula is C62H50N4O9. The number of amides is 2. The molecule has 2 amide bonds. The van der Waals surface area contributed by atoms with Crippen molar-refractivity contribution in [2.24, 2.45) is 11.8 Å². The average Bonchev–Trinajstić information content (AvgIpc) is 4.38. The highest BCUT2D eigenvalue weighted by Gasteiger charge is 2.78. The number of anilines is 2. The van der Waals surface area contributed by atoms with Gasteiger partial charge in [0.1, 0.15) is 33.4 Å². The molecule has 4 N–H and O–H groups in total. The van der Waals surface area contributed by atoms with E-state index >= 15 is 0 Å². The van der Waals surface area contributed by atoms with Crippen LogP contribution < -0.4 is 20.1 Å². The summed E-state index contributed by atoms with van der Waals surface area (Å²) in [6.07, 6.45) is 0. The highest BCUT2D eigenvalue weighted by atomic mass is 16.5. The number of carbonyl (C=O) groups excluding carboxylic acids is 6. The van der Waals surface area contributed by atoms with E-state index < -0.39 is 33.7 Å². The van der Waals surface area contributed by atoms with Gasteiger partial charge in [0.2, 0.25) is 11.8 Å². The van der Waals surface area contributed by atoms with E-state index in [0.29, 0.717) is 56.3 Å². The fraction of sp³-hybridized carbons (Fsp3) is 0.194. The fourth-order valence-corrected chi connectivity index (χ4v) is 14.5. The third-order valence-corrected chi connectivity index (χ3v) is 17.3. The molecule has 4 heterocycles. The maximum atomic E-state index is 14.7. The Balaban J connectivity index is 0.000000150. The lowest BCUT2D eigenvalue weighted by atomic mass is 9.57. The molecule has 0 radical (unpaired) electrons. The molecule has 14 rings (SSSR count). The van der Waals surface area contributed by atoms with Gasteiger partial charge in [0.25, 0.3) is 0 Å². The van der Waals surface area contributed by atoms with Gasteiger partial charge in [0.05, 0.1) is 26.1 Å². The van der Waals surface area contributed by atoms with Gasteiger partial charge in [-0.1, -0.05) is 109 Å². The van der Waals surface area contributed by atoms with Crippen LogP contribution in [0, 0.1) is 11.8 Å². The van der Waals surface area contributed by atoms with Crippen LogP contribution in [0.2, 0.25) is 0 Å². The SMILES string of the molecule is COc1ccc(C(=O)[C@H]2CN(C)[C@@]3(C(=O)c4cccc5cccc3c45)[C@]23C(=O)Nc2ccccc23)cc1.COc1ccc(C(=O)[C@H]2CN(C)[C@@]3(C(=O)c4cccc5cccc3c45)[C@]23C(=O)Nc2ccccc23)cc1.O. The van der Waals surface area contributed by atoms with Gasteiger partial charge in [-0.2, -0.15) is 0 Å². The summed E-state index contributed by atoms with van der Waals surface area (Å²) in [4.78, 5) is 90.6. The number of ether oxygens (including phenoxy) is 2. The molecule has 6 aliphatic rings. The third-order valence-electron chi connectivity index (χ3n) is 17.3. The predicted octanol–water partition coefficient (Wildman–Crippen LogP) is 8.32. The largest absolute Gasteiger partial charge is 0.497 e. The molecule has 4 spiro atoms. The van der Waals surface area contributed by atoms with Crippen molar-refractivity contribution < 1.29 is 43.7 Å². The molecular weight excluding hydrogens is 945 g/mol.